The first kappa shape index (κ1) is 10.5. The van der Waals surface area contributed by atoms with Gasteiger partial charge in [0.05, 0.1) is 12.0 Å². The number of carbonyl (C=O) groups excluding carboxylic acids is 1. The van der Waals surface area contributed by atoms with Gasteiger partial charge in [0.2, 0.25) is 0 Å². The summed E-state index contributed by atoms with van der Waals surface area (Å²) in [5, 5.41) is 0. The molecule has 3 aliphatic rings. The van der Waals surface area contributed by atoms with Gasteiger partial charge in [-0.2, -0.15) is 0 Å². The van der Waals surface area contributed by atoms with Crippen LogP contribution in [0.4, 0.5) is 0 Å². The molecule has 0 saturated carbocycles. The van der Waals surface area contributed by atoms with E-state index in [1.165, 1.54) is 0 Å². The second-order valence-corrected chi connectivity index (χ2v) is 5.59. The third-order valence-electron chi connectivity index (χ3n) is 4.02. The van der Waals surface area contributed by atoms with Crippen LogP contribution in [0.3, 0.4) is 0 Å². The van der Waals surface area contributed by atoms with Crippen molar-refractivity contribution in [3.05, 3.63) is 59.7 Å². The minimum Gasteiger partial charge on any atom is -0.362 e. The van der Waals surface area contributed by atoms with Crippen LogP contribution >= 0.6 is 11.6 Å². The number of hydrogen-bond acceptors (Lipinski definition) is 2. The number of halogens is 1. The largest absolute Gasteiger partial charge is 0.362 e. The molecule has 18 heavy (non-hydrogen) atoms. The molecule has 4 atom stereocenters. The van der Waals surface area contributed by atoms with Gasteiger partial charge in [-0.1, -0.05) is 48.6 Å². The Kier molecular flexibility index (Phi) is 1.95. The van der Waals surface area contributed by atoms with Crippen molar-refractivity contribution in [2.75, 3.05) is 0 Å². The molecule has 1 aliphatic carbocycles. The number of alkyl halides is 1. The Labute approximate surface area is 110 Å². The molecule has 4 bridgehead atoms. The summed E-state index contributed by atoms with van der Waals surface area (Å²) >= 11 is 6.58. The Morgan fingerprint density at radius 3 is 2.78 bits per heavy atom. The van der Waals surface area contributed by atoms with Gasteiger partial charge in [0.25, 0.3) is 0 Å². The van der Waals surface area contributed by atoms with Gasteiger partial charge in [0.15, 0.2) is 10.7 Å². The van der Waals surface area contributed by atoms with Crippen molar-refractivity contribution in [1.82, 2.24) is 0 Å². The van der Waals surface area contributed by atoms with Gasteiger partial charge in [-0.05, 0) is 11.1 Å². The van der Waals surface area contributed by atoms with Crippen molar-refractivity contribution in [3.8, 4) is 0 Å². The number of rotatable bonds is 0. The van der Waals surface area contributed by atoms with Gasteiger partial charge in [-0.25, -0.2) is 0 Å². The lowest BCUT2D eigenvalue weighted by molar-refractivity contribution is -0.143. The molecule has 1 fully saturated rings. The molecule has 0 amide bonds. The van der Waals surface area contributed by atoms with Crippen LogP contribution in [0.1, 0.15) is 23.3 Å². The quantitative estimate of drug-likeness (QED) is 0.669. The maximum atomic E-state index is 12.6. The zero-order valence-corrected chi connectivity index (χ0v) is 10.3. The molecule has 3 heteroatoms. The van der Waals surface area contributed by atoms with E-state index in [1.807, 2.05) is 42.5 Å². The van der Waals surface area contributed by atoms with Crippen molar-refractivity contribution in [1.29, 1.82) is 0 Å². The first-order valence-electron chi connectivity index (χ1n) is 6.05. The molecule has 4 rings (SSSR count). The normalized spacial score (nSPS) is 39.6. The molecule has 2 nitrogen and oxygen atoms in total. The monoisotopic (exact) mass is 258 g/mol. The molecule has 0 radical (unpaired) electrons. The summed E-state index contributed by atoms with van der Waals surface area (Å²) in [5.41, 5.74) is 2.15. The Morgan fingerprint density at radius 1 is 1.17 bits per heavy atom. The van der Waals surface area contributed by atoms with E-state index < -0.39 is 4.87 Å². The van der Waals surface area contributed by atoms with Crippen LogP contribution in [-0.4, -0.2) is 10.7 Å². The van der Waals surface area contributed by atoms with Gasteiger partial charge >= 0.3 is 0 Å². The molecule has 1 aromatic carbocycles. The third kappa shape index (κ3) is 1.10. The van der Waals surface area contributed by atoms with Crippen LogP contribution in [0.5, 0.6) is 0 Å². The van der Waals surface area contributed by atoms with Crippen LogP contribution in [0.25, 0.3) is 0 Å². The topological polar surface area (TPSA) is 26.3 Å². The Morgan fingerprint density at radius 2 is 1.94 bits per heavy atom. The highest BCUT2D eigenvalue weighted by molar-refractivity contribution is 6.38. The van der Waals surface area contributed by atoms with Gasteiger partial charge in [0.1, 0.15) is 6.10 Å². The fraction of sp³-hybridized carbons (Fsp3) is 0.267. The Hall–Kier alpha value is -1.38. The molecule has 0 spiro atoms. The van der Waals surface area contributed by atoms with Crippen LogP contribution in [0, 0.1) is 5.92 Å². The standard InChI is InChI=1S/C15H11ClO2/c16-15-8-4-3-7-11(13(15)17)12-9-5-1-2-6-10(9)14(15)18-12/h1-8,11-12,14H/t11-,12-,14+,15+/m1/s1. The molecule has 90 valence electrons. The van der Waals surface area contributed by atoms with E-state index >= 15 is 0 Å². The number of carbonyl (C=O) groups is 1. The molecular formula is C15H11ClO2. The van der Waals surface area contributed by atoms with E-state index in [4.69, 9.17) is 16.3 Å². The second-order valence-electron chi connectivity index (χ2n) is 4.97. The summed E-state index contributed by atoms with van der Waals surface area (Å²) in [7, 11) is 0. The minimum absolute atomic E-state index is 0.0478. The number of hydrogen-bond donors (Lipinski definition) is 0. The van der Waals surface area contributed by atoms with Gasteiger partial charge in [0, 0.05) is 0 Å². The summed E-state index contributed by atoms with van der Waals surface area (Å²) in [6.07, 6.45) is 6.85. The van der Waals surface area contributed by atoms with Crippen LogP contribution < -0.4 is 0 Å². The average molecular weight is 259 g/mol. The molecule has 0 unspecified atom stereocenters. The van der Waals surface area contributed by atoms with E-state index in [1.54, 1.807) is 6.08 Å². The van der Waals surface area contributed by atoms with Crippen molar-refractivity contribution in [3.63, 3.8) is 0 Å². The summed E-state index contributed by atoms with van der Waals surface area (Å²) < 4.78 is 6.03. The fourth-order valence-corrected chi connectivity index (χ4v) is 3.53. The van der Waals surface area contributed by atoms with Crippen molar-refractivity contribution < 1.29 is 9.53 Å². The van der Waals surface area contributed by atoms with E-state index in [0.717, 1.165) is 11.1 Å². The van der Waals surface area contributed by atoms with Crippen LogP contribution in [0.15, 0.2) is 48.6 Å². The number of benzene rings is 1. The van der Waals surface area contributed by atoms with E-state index in [0.29, 0.717) is 0 Å². The smallest absolute Gasteiger partial charge is 0.170 e. The molecule has 0 aromatic heterocycles. The Balaban J connectivity index is 2.01. The second kappa shape index (κ2) is 3.34. The zero-order valence-electron chi connectivity index (χ0n) is 9.55. The van der Waals surface area contributed by atoms with Gasteiger partial charge < -0.3 is 4.74 Å². The predicted molar refractivity (Wildman–Crippen MR) is 68.4 cm³/mol. The number of ketones is 1. The zero-order chi connectivity index (χ0) is 12.3. The summed E-state index contributed by atoms with van der Waals surface area (Å²) in [6, 6.07) is 7.98. The fourth-order valence-electron chi connectivity index (χ4n) is 3.16. The SMILES string of the molecule is O=C1[C@@H]2C=CC=C[C@@]1(Cl)[C@H]1O[C@@H]2c2ccccc21. The summed E-state index contributed by atoms with van der Waals surface area (Å²) in [5.74, 6) is -0.232. The van der Waals surface area contributed by atoms with Crippen molar-refractivity contribution in [2.24, 2.45) is 5.92 Å². The van der Waals surface area contributed by atoms with Crippen molar-refractivity contribution >= 4 is 17.4 Å². The van der Waals surface area contributed by atoms with Crippen molar-refractivity contribution in [2.45, 2.75) is 17.1 Å². The average Bonchev–Trinajstić information content (AvgIpc) is 2.71. The highest BCUT2D eigenvalue weighted by Crippen LogP contribution is 2.57. The first-order chi connectivity index (χ1) is 8.72. The maximum absolute atomic E-state index is 12.6. The molecule has 1 aromatic rings. The van der Waals surface area contributed by atoms with Gasteiger partial charge in [-0.3, -0.25) is 4.79 Å². The van der Waals surface area contributed by atoms with Gasteiger partial charge in [-0.15, -0.1) is 11.6 Å². The van der Waals surface area contributed by atoms with E-state index in [-0.39, 0.29) is 23.9 Å². The van der Waals surface area contributed by atoms with Crippen LogP contribution in [0.2, 0.25) is 0 Å². The lowest BCUT2D eigenvalue weighted by Crippen LogP contribution is -2.45. The van der Waals surface area contributed by atoms with E-state index in [2.05, 4.69) is 0 Å². The predicted octanol–water partition coefficient (Wildman–Crippen LogP) is 3.10. The van der Waals surface area contributed by atoms with E-state index in [9.17, 15) is 4.79 Å². The lowest BCUT2D eigenvalue weighted by atomic mass is 9.85. The highest BCUT2D eigenvalue weighted by atomic mass is 35.5. The number of Topliss-reactive ketones (excluding diaryl/α,β-unsaturated/α-hetero) is 1. The number of allylic oxidation sites excluding steroid dienone is 2. The molecule has 1 saturated heterocycles. The minimum atomic E-state index is -1.06. The number of fused-ring (bicyclic) bond motifs is 9. The lowest BCUT2D eigenvalue weighted by Gasteiger charge is -2.36. The molecule has 2 aliphatic heterocycles. The maximum Gasteiger partial charge on any atom is 0.170 e. The molecule has 0 N–H and O–H groups in total. The van der Waals surface area contributed by atoms with Crippen LogP contribution in [-0.2, 0) is 9.53 Å². The molecule has 2 heterocycles. The molecular weight excluding hydrogens is 248 g/mol. The third-order valence-corrected chi connectivity index (χ3v) is 4.53. The Bertz CT molecular complexity index is 604. The number of ether oxygens (including phenoxy) is 1. The first-order valence-corrected chi connectivity index (χ1v) is 6.43. The summed E-state index contributed by atoms with van der Waals surface area (Å²) in [4.78, 5) is 11.5. The summed E-state index contributed by atoms with van der Waals surface area (Å²) in [6.45, 7) is 0. The highest BCUT2D eigenvalue weighted by Gasteiger charge is 2.58.